The first-order valence-electron chi connectivity index (χ1n) is 6.87. The molecule has 6 heteroatoms. The summed E-state index contributed by atoms with van der Waals surface area (Å²) in [7, 11) is 1.95. The summed E-state index contributed by atoms with van der Waals surface area (Å²) < 4.78 is 1.57. The summed E-state index contributed by atoms with van der Waals surface area (Å²) in [6.07, 6.45) is 5.06. The predicted molar refractivity (Wildman–Crippen MR) is 75.9 cm³/mol. The molecule has 1 saturated carbocycles. The summed E-state index contributed by atoms with van der Waals surface area (Å²) in [5.74, 6) is 0.628. The van der Waals surface area contributed by atoms with E-state index >= 15 is 0 Å². The molecule has 1 aliphatic heterocycles. The molecular formula is C13H19ClN4O. The molecular weight excluding hydrogens is 264 g/mol. The summed E-state index contributed by atoms with van der Waals surface area (Å²) >= 11 is 6.19. The molecule has 2 heterocycles. The fourth-order valence-corrected chi connectivity index (χ4v) is 2.86. The quantitative estimate of drug-likeness (QED) is 0.899. The van der Waals surface area contributed by atoms with Crippen LogP contribution in [0.4, 0.5) is 5.69 Å². The van der Waals surface area contributed by atoms with E-state index in [4.69, 9.17) is 11.6 Å². The molecule has 2 fully saturated rings. The van der Waals surface area contributed by atoms with Gasteiger partial charge in [0.15, 0.2) is 0 Å². The third kappa shape index (κ3) is 2.62. The molecule has 0 bridgehead atoms. The lowest BCUT2D eigenvalue weighted by molar-refractivity contribution is 0.532. The molecule has 3 rings (SSSR count). The van der Waals surface area contributed by atoms with Crippen molar-refractivity contribution in [1.82, 2.24) is 15.1 Å². The van der Waals surface area contributed by atoms with Gasteiger partial charge in [0, 0.05) is 25.7 Å². The summed E-state index contributed by atoms with van der Waals surface area (Å²) in [5, 5.41) is 7.88. The SMILES string of the molecule is CNC1CCN(c2c(Cl)cnn(CC3CC3)c2=O)C1. The second-order valence-corrected chi connectivity index (χ2v) is 5.90. The van der Waals surface area contributed by atoms with Crippen molar-refractivity contribution in [2.45, 2.75) is 31.8 Å². The monoisotopic (exact) mass is 282 g/mol. The summed E-state index contributed by atoms with van der Waals surface area (Å²) in [6.45, 7) is 2.43. The van der Waals surface area contributed by atoms with Crippen LogP contribution in [0.1, 0.15) is 19.3 Å². The minimum absolute atomic E-state index is 0.0452. The zero-order chi connectivity index (χ0) is 13.4. The van der Waals surface area contributed by atoms with Crippen LogP contribution in [0.15, 0.2) is 11.0 Å². The summed E-state index contributed by atoms with van der Waals surface area (Å²) in [6, 6.07) is 0.431. The zero-order valence-electron chi connectivity index (χ0n) is 11.1. The van der Waals surface area contributed by atoms with Crippen LogP contribution >= 0.6 is 11.6 Å². The predicted octanol–water partition coefficient (Wildman–Crippen LogP) is 1.10. The molecule has 1 unspecified atom stereocenters. The Hall–Kier alpha value is -1.07. The molecule has 0 radical (unpaired) electrons. The Labute approximate surface area is 117 Å². The minimum atomic E-state index is -0.0452. The van der Waals surface area contributed by atoms with E-state index in [1.807, 2.05) is 7.05 Å². The van der Waals surface area contributed by atoms with Gasteiger partial charge in [-0.25, -0.2) is 4.68 Å². The van der Waals surface area contributed by atoms with Crippen LogP contribution in [0, 0.1) is 5.92 Å². The number of likely N-dealkylation sites (N-methyl/N-ethyl adjacent to an activating group) is 1. The average molecular weight is 283 g/mol. The Balaban J connectivity index is 1.88. The highest BCUT2D eigenvalue weighted by atomic mass is 35.5. The number of anilines is 1. The molecule has 1 N–H and O–H groups in total. The van der Waals surface area contributed by atoms with E-state index in [2.05, 4.69) is 15.3 Å². The first-order valence-corrected chi connectivity index (χ1v) is 7.24. The Morgan fingerprint density at radius 1 is 1.47 bits per heavy atom. The van der Waals surface area contributed by atoms with Crippen molar-refractivity contribution >= 4 is 17.3 Å². The lowest BCUT2D eigenvalue weighted by atomic mass is 10.3. The van der Waals surface area contributed by atoms with Crippen molar-refractivity contribution in [2.24, 2.45) is 5.92 Å². The van der Waals surface area contributed by atoms with Gasteiger partial charge >= 0.3 is 0 Å². The maximum absolute atomic E-state index is 12.5. The highest BCUT2D eigenvalue weighted by Crippen LogP contribution is 2.30. The van der Waals surface area contributed by atoms with Crippen LogP contribution < -0.4 is 15.8 Å². The van der Waals surface area contributed by atoms with Crippen molar-refractivity contribution in [1.29, 1.82) is 0 Å². The first kappa shape index (κ1) is 12.9. The van der Waals surface area contributed by atoms with Crippen LogP contribution in [0.2, 0.25) is 5.02 Å². The van der Waals surface area contributed by atoms with Gasteiger partial charge in [0.25, 0.3) is 5.56 Å². The van der Waals surface area contributed by atoms with E-state index < -0.39 is 0 Å². The summed E-state index contributed by atoms with van der Waals surface area (Å²) in [4.78, 5) is 14.6. The molecule has 0 amide bonds. The van der Waals surface area contributed by atoms with Gasteiger partial charge in [0.05, 0.1) is 11.2 Å². The van der Waals surface area contributed by atoms with E-state index in [1.165, 1.54) is 12.8 Å². The zero-order valence-corrected chi connectivity index (χ0v) is 11.9. The van der Waals surface area contributed by atoms with E-state index in [1.54, 1.807) is 10.9 Å². The maximum atomic E-state index is 12.5. The van der Waals surface area contributed by atoms with Crippen LogP contribution in [0.3, 0.4) is 0 Å². The molecule has 1 aliphatic carbocycles. The lowest BCUT2D eigenvalue weighted by Gasteiger charge is -2.19. The third-order valence-electron chi connectivity index (χ3n) is 4.01. The van der Waals surface area contributed by atoms with Crippen LogP contribution in [0.25, 0.3) is 0 Å². The van der Waals surface area contributed by atoms with Gasteiger partial charge in [-0.1, -0.05) is 11.6 Å². The number of hydrogen-bond donors (Lipinski definition) is 1. The lowest BCUT2D eigenvalue weighted by Crippen LogP contribution is -2.35. The normalized spacial score (nSPS) is 23.1. The van der Waals surface area contributed by atoms with Crippen LogP contribution in [0.5, 0.6) is 0 Å². The number of nitrogens with one attached hydrogen (secondary N) is 1. The van der Waals surface area contributed by atoms with Crippen molar-refractivity contribution in [2.75, 3.05) is 25.0 Å². The molecule has 0 spiro atoms. The second kappa shape index (κ2) is 5.13. The fourth-order valence-electron chi connectivity index (χ4n) is 2.62. The highest BCUT2D eigenvalue weighted by molar-refractivity contribution is 6.33. The number of hydrogen-bond acceptors (Lipinski definition) is 4. The molecule has 5 nitrogen and oxygen atoms in total. The standard InChI is InChI=1S/C13H19ClN4O/c1-15-10-4-5-17(8-10)12-11(14)6-16-18(13(12)19)7-9-2-3-9/h6,9-10,15H,2-5,7-8H2,1H3. The molecule has 104 valence electrons. The second-order valence-electron chi connectivity index (χ2n) is 5.49. The Morgan fingerprint density at radius 3 is 2.89 bits per heavy atom. The molecule has 1 aromatic rings. The molecule has 1 saturated heterocycles. The minimum Gasteiger partial charge on any atom is -0.364 e. The van der Waals surface area contributed by atoms with E-state index in [-0.39, 0.29) is 5.56 Å². The Bertz CT molecular complexity index is 526. The van der Waals surface area contributed by atoms with Gasteiger partial charge in [-0.3, -0.25) is 4.79 Å². The fraction of sp³-hybridized carbons (Fsp3) is 0.692. The molecule has 19 heavy (non-hydrogen) atoms. The van der Waals surface area contributed by atoms with Crippen LogP contribution in [-0.2, 0) is 6.54 Å². The molecule has 1 atom stereocenters. The van der Waals surface area contributed by atoms with Gasteiger partial charge in [0.1, 0.15) is 5.69 Å². The summed E-state index contributed by atoms with van der Waals surface area (Å²) in [5.41, 5.74) is 0.575. The smallest absolute Gasteiger partial charge is 0.291 e. The van der Waals surface area contributed by atoms with Crippen LogP contribution in [-0.4, -0.2) is 36.0 Å². The Kier molecular flexibility index (Phi) is 3.50. The molecule has 1 aromatic heterocycles. The van der Waals surface area contributed by atoms with Gasteiger partial charge in [0.2, 0.25) is 0 Å². The number of rotatable bonds is 4. The van der Waals surface area contributed by atoms with Crippen molar-refractivity contribution in [3.05, 3.63) is 21.6 Å². The van der Waals surface area contributed by atoms with Gasteiger partial charge < -0.3 is 10.2 Å². The molecule has 0 aromatic carbocycles. The maximum Gasteiger partial charge on any atom is 0.291 e. The third-order valence-corrected chi connectivity index (χ3v) is 4.29. The van der Waals surface area contributed by atoms with E-state index in [9.17, 15) is 4.79 Å². The van der Waals surface area contributed by atoms with E-state index in [0.717, 1.165) is 26.1 Å². The average Bonchev–Trinajstić information content (AvgIpc) is 3.09. The van der Waals surface area contributed by atoms with Crippen molar-refractivity contribution in [3.63, 3.8) is 0 Å². The van der Waals surface area contributed by atoms with Crippen molar-refractivity contribution in [3.8, 4) is 0 Å². The highest BCUT2D eigenvalue weighted by Gasteiger charge is 2.28. The number of nitrogens with zero attached hydrogens (tertiary/aromatic N) is 3. The van der Waals surface area contributed by atoms with E-state index in [0.29, 0.717) is 22.7 Å². The topological polar surface area (TPSA) is 50.2 Å². The van der Waals surface area contributed by atoms with Crippen molar-refractivity contribution < 1.29 is 0 Å². The van der Waals surface area contributed by atoms with Gasteiger partial charge in [-0.2, -0.15) is 5.10 Å². The van der Waals surface area contributed by atoms with Gasteiger partial charge in [-0.05, 0) is 32.2 Å². The largest absolute Gasteiger partial charge is 0.364 e. The molecule has 2 aliphatic rings. The Morgan fingerprint density at radius 2 is 2.26 bits per heavy atom. The number of halogens is 1. The number of aromatic nitrogens is 2. The van der Waals surface area contributed by atoms with Gasteiger partial charge in [-0.15, -0.1) is 0 Å². The first-order chi connectivity index (χ1) is 9.19.